The first-order valence-electron chi connectivity index (χ1n) is 7.42. The second kappa shape index (κ2) is 7.50. The maximum Gasteiger partial charge on any atom is 0.407 e. The summed E-state index contributed by atoms with van der Waals surface area (Å²) in [5, 5.41) is 6.23. The van der Waals surface area contributed by atoms with Gasteiger partial charge in [-0.05, 0) is 45.2 Å². The summed E-state index contributed by atoms with van der Waals surface area (Å²) in [5.74, 6) is 1.31. The Labute approximate surface area is 127 Å². The molecule has 5 nitrogen and oxygen atoms in total. The summed E-state index contributed by atoms with van der Waals surface area (Å²) >= 11 is 0. The molecule has 0 radical (unpaired) electrons. The van der Waals surface area contributed by atoms with E-state index in [-0.39, 0.29) is 12.1 Å². The summed E-state index contributed by atoms with van der Waals surface area (Å²) in [6.45, 7) is 13.0. The zero-order chi connectivity index (χ0) is 16.0. The average molecular weight is 296 g/mol. The van der Waals surface area contributed by atoms with E-state index in [9.17, 15) is 4.79 Å². The number of alkyl carbamates (subject to hydrolysis) is 1. The SMILES string of the molecule is Cc1ccoc1CNC(CNC(=O)OC(C)(C)C)C(C)C. The molecular weight excluding hydrogens is 268 g/mol. The second-order valence-electron chi connectivity index (χ2n) is 6.64. The summed E-state index contributed by atoms with van der Waals surface area (Å²) in [6.07, 6.45) is 1.31. The molecule has 21 heavy (non-hydrogen) atoms. The molecule has 1 amide bonds. The van der Waals surface area contributed by atoms with Gasteiger partial charge in [0.2, 0.25) is 0 Å². The molecule has 0 aromatic carbocycles. The molecule has 0 saturated heterocycles. The molecule has 0 spiro atoms. The van der Waals surface area contributed by atoms with E-state index in [1.807, 2.05) is 33.8 Å². The molecule has 1 atom stereocenters. The first-order chi connectivity index (χ1) is 9.69. The first kappa shape index (κ1) is 17.6. The van der Waals surface area contributed by atoms with Crippen LogP contribution in [0, 0.1) is 12.8 Å². The van der Waals surface area contributed by atoms with Gasteiger partial charge in [-0.25, -0.2) is 4.79 Å². The molecule has 5 heteroatoms. The fourth-order valence-electron chi connectivity index (χ4n) is 1.86. The van der Waals surface area contributed by atoms with E-state index in [0.717, 1.165) is 11.3 Å². The Kier molecular flexibility index (Phi) is 6.27. The van der Waals surface area contributed by atoms with Crippen LogP contribution in [0.2, 0.25) is 0 Å². The minimum atomic E-state index is -0.476. The van der Waals surface area contributed by atoms with Gasteiger partial charge in [0.1, 0.15) is 11.4 Å². The Morgan fingerprint density at radius 2 is 2.05 bits per heavy atom. The summed E-state index contributed by atoms with van der Waals surface area (Å²) in [4.78, 5) is 11.7. The zero-order valence-electron chi connectivity index (χ0n) is 13.9. The van der Waals surface area contributed by atoms with Gasteiger partial charge in [0, 0.05) is 12.6 Å². The predicted octanol–water partition coefficient (Wildman–Crippen LogP) is 3.23. The van der Waals surface area contributed by atoms with Crippen LogP contribution >= 0.6 is 0 Å². The number of rotatable bonds is 6. The van der Waals surface area contributed by atoms with Crippen molar-refractivity contribution in [1.29, 1.82) is 0 Å². The smallest absolute Gasteiger partial charge is 0.407 e. The zero-order valence-corrected chi connectivity index (χ0v) is 13.9. The van der Waals surface area contributed by atoms with Gasteiger partial charge in [0.05, 0.1) is 12.8 Å². The Hall–Kier alpha value is -1.49. The minimum absolute atomic E-state index is 0.155. The Morgan fingerprint density at radius 3 is 2.52 bits per heavy atom. The van der Waals surface area contributed by atoms with Gasteiger partial charge < -0.3 is 19.8 Å². The molecule has 1 aromatic heterocycles. The molecule has 0 aliphatic rings. The molecule has 0 aliphatic heterocycles. The lowest BCUT2D eigenvalue weighted by Crippen LogP contribution is -2.45. The van der Waals surface area contributed by atoms with Crippen LogP contribution in [-0.2, 0) is 11.3 Å². The van der Waals surface area contributed by atoms with Gasteiger partial charge >= 0.3 is 6.09 Å². The van der Waals surface area contributed by atoms with Crippen LogP contribution < -0.4 is 10.6 Å². The predicted molar refractivity (Wildman–Crippen MR) is 83.1 cm³/mol. The van der Waals surface area contributed by atoms with Crippen LogP contribution in [0.25, 0.3) is 0 Å². The van der Waals surface area contributed by atoms with Gasteiger partial charge in [0.25, 0.3) is 0 Å². The van der Waals surface area contributed by atoms with Crippen LogP contribution in [0.5, 0.6) is 0 Å². The molecule has 0 saturated carbocycles. The Bertz CT molecular complexity index is 447. The minimum Gasteiger partial charge on any atom is -0.468 e. The van der Waals surface area contributed by atoms with Crippen LogP contribution in [0.4, 0.5) is 4.79 Å². The summed E-state index contributed by atoms with van der Waals surface area (Å²) < 4.78 is 10.7. The van der Waals surface area contributed by atoms with Gasteiger partial charge in [-0.1, -0.05) is 13.8 Å². The highest BCUT2D eigenvalue weighted by molar-refractivity contribution is 5.67. The third-order valence-corrected chi connectivity index (χ3v) is 3.16. The van der Waals surface area contributed by atoms with Crippen LogP contribution in [0.3, 0.4) is 0 Å². The molecule has 1 heterocycles. The summed E-state index contributed by atoms with van der Waals surface area (Å²) in [7, 11) is 0. The van der Waals surface area contributed by atoms with E-state index in [0.29, 0.717) is 19.0 Å². The number of hydrogen-bond acceptors (Lipinski definition) is 4. The topological polar surface area (TPSA) is 63.5 Å². The third-order valence-electron chi connectivity index (χ3n) is 3.16. The number of hydrogen-bond donors (Lipinski definition) is 2. The average Bonchev–Trinajstić information content (AvgIpc) is 2.72. The quantitative estimate of drug-likeness (QED) is 0.846. The van der Waals surface area contributed by atoms with E-state index < -0.39 is 5.60 Å². The number of furan rings is 1. The van der Waals surface area contributed by atoms with Crippen molar-refractivity contribution in [2.45, 2.75) is 59.7 Å². The molecule has 1 aromatic rings. The number of ether oxygens (including phenoxy) is 1. The number of amides is 1. The first-order valence-corrected chi connectivity index (χ1v) is 7.42. The molecule has 2 N–H and O–H groups in total. The lowest BCUT2D eigenvalue weighted by Gasteiger charge is -2.24. The standard InChI is InChI=1S/C16H28N2O3/c1-11(2)13(9-18-15(19)21-16(4,5)6)17-10-14-12(3)7-8-20-14/h7-8,11,13,17H,9-10H2,1-6H3,(H,18,19). The second-order valence-corrected chi connectivity index (χ2v) is 6.64. The monoisotopic (exact) mass is 296 g/mol. The highest BCUT2D eigenvalue weighted by Crippen LogP contribution is 2.10. The Balaban J connectivity index is 2.43. The van der Waals surface area contributed by atoms with E-state index in [4.69, 9.17) is 9.15 Å². The van der Waals surface area contributed by atoms with Crippen molar-refractivity contribution >= 4 is 6.09 Å². The van der Waals surface area contributed by atoms with E-state index in [1.165, 1.54) is 0 Å². The van der Waals surface area contributed by atoms with Crippen molar-refractivity contribution in [2.24, 2.45) is 5.92 Å². The van der Waals surface area contributed by atoms with Crippen molar-refractivity contribution in [3.8, 4) is 0 Å². The van der Waals surface area contributed by atoms with Crippen LogP contribution in [-0.4, -0.2) is 24.3 Å². The highest BCUT2D eigenvalue weighted by atomic mass is 16.6. The van der Waals surface area contributed by atoms with Crippen molar-refractivity contribution in [3.63, 3.8) is 0 Å². The van der Waals surface area contributed by atoms with Crippen molar-refractivity contribution in [3.05, 3.63) is 23.7 Å². The van der Waals surface area contributed by atoms with E-state index in [1.54, 1.807) is 6.26 Å². The fourth-order valence-corrected chi connectivity index (χ4v) is 1.86. The van der Waals surface area contributed by atoms with E-state index >= 15 is 0 Å². The van der Waals surface area contributed by atoms with Gasteiger partial charge in [-0.15, -0.1) is 0 Å². The maximum atomic E-state index is 11.7. The lowest BCUT2D eigenvalue weighted by molar-refractivity contribution is 0.0519. The number of carbonyl (C=O) groups excluding carboxylic acids is 1. The third kappa shape index (κ3) is 6.67. The fraction of sp³-hybridized carbons (Fsp3) is 0.688. The van der Waals surface area contributed by atoms with E-state index in [2.05, 4.69) is 24.5 Å². The molecule has 0 bridgehead atoms. The van der Waals surface area contributed by atoms with Gasteiger partial charge in [-0.3, -0.25) is 0 Å². The number of nitrogens with one attached hydrogen (secondary N) is 2. The number of carbonyl (C=O) groups is 1. The summed E-state index contributed by atoms with van der Waals surface area (Å²) in [6, 6.07) is 2.10. The molecule has 1 rings (SSSR count). The molecule has 0 fully saturated rings. The normalized spacial score (nSPS) is 13.3. The van der Waals surface area contributed by atoms with Gasteiger partial charge in [-0.2, -0.15) is 0 Å². The van der Waals surface area contributed by atoms with Crippen molar-refractivity contribution in [2.75, 3.05) is 6.54 Å². The van der Waals surface area contributed by atoms with Crippen molar-refractivity contribution < 1.29 is 13.9 Å². The molecule has 0 aliphatic carbocycles. The number of aryl methyl sites for hydroxylation is 1. The summed E-state index contributed by atoms with van der Waals surface area (Å²) in [5.41, 5.74) is 0.654. The molecule has 1 unspecified atom stereocenters. The van der Waals surface area contributed by atoms with Crippen LogP contribution in [0.1, 0.15) is 45.9 Å². The Morgan fingerprint density at radius 1 is 1.38 bits per heavy atom. The van der Waals surface area contributed by atoms with Gasteiger partial charge in [0.15, 0.2) is 0 Å². The van der Waals surface area contributed by atoms with Crippen LogP contribution in [0.15, 0.2) is 16.7 Å². The maximum absolute atomic E-state index is 11.7. The molecule has 120 valence electrons. The van der Waals surface area contributed by atoms with Crippen molar-refractivity contribution in [1.82, 2.24) is 10.6 Å². The largest absolute Gasteiger partial charge is 0.468 e. The molecular formula is C16H28N2O3. The lowest BCUT2D eigenvalue weighted by atomic mass is 10.0. The highest BCUT2D eigenvalue weighted by Gasteiger charge is 2.19.